The Morgan fingerprint density at radius 3 is 2.90 bits per heavy atom. The second-order valence-electron chi connectivity index (χ2n) is 5.78. The van der Waals surface area contributed by atoms with Crippen LogP contribution in [-0.4, -0.2) is 24.5 Å². The molecule has 3 nitrogen and oxygen atoms in total. The van der Waals surface area contributed by atoms with Crippen LogP contribution in [0.5, 0.6) is 0 Å². The van der Waals surface area contributed by atoms with E-state index in [0.717, 1.165) is 31.9 Å². The first-order valence-corrected chi connectivity index (χ1v) is 7.90. The van der Waals surface area contributed by atoms with E-state index in [1.807, 2.05) is 6.26 Å². The van der Waals surface area contributed by atoms with E-state index in [1.165, 1.54) is 24.1 Å². The van der Waals surface area contributed by atoms with Crippen LogP contribution in [0.3, 0.4) is 0 Å². The molecular weight excluding hydrogens is 260 g/mol. The maximum absolute atomic E-state index is 5.60. The van der Waals surface area contributed by atoms with Crippen molar-refractivity contribution >= 4 is 0 Å². The lowest BCUT2D eigenvalue weighted by Crippen LogP contribution is -2.21. The average Bonchev–Trinajstić information content (AvgIpc) is 3.16. The highest BCUT2D eigenvalue weighted by Gasteiger charge is 2.24. The maximum Gasteiger partial charge on any atom is 0.122 e. The van der Waals surface area contributed by atoms with Gasteiger partial charge in [0.05, 0.1) is 12.8 Å². The largest absolute Gasteiger partial charge is 0.468 e. The summed E-state index contributed by atoms with van der Waals surface area (Å²) >= 11 is 0. The molecule has 1 aromatic carbocycles. The van der Waals surface area contributed by atoms with Crippen LogP contribution in [0.25, 0.3) is 0 Å². The Morgan fingerprint density at radius 1 is 1.24 bits per heavy atom. The zero-order valence-corrected chi connectivity index (χ0v) is 12.7. The molecule has 0 aliphatic carbocycles. The molecule has 0 saturated carbocycles. The van der Waals surface area contributed by atoms with Crippen LogP contribution >= 0.6 is 0 Å². The number of benzene rings is 1. The summed E-state index contributed by atoms with van der Waals surface area (Å²) in [5.41, 5.74) is 2.80. The minimum absolute atomic E-state index is 0.676. The zero-order chi connectivity index (χ0) is 14.5. The summed E-state index contributed by atoms with van der Waals surface area (Å²) in [6, 6.07) is 13.0. The van der Waals surface area contributed by atoms with Gasteiger partial charge in [0.25, 0.3) is 0 Å². The third kappa shape index (κ3) is 3.55. The van der Waals surface area contributed by atoms with Gasteiger partial charge in [-0.05, 0) is 37.1 Å². The van der Waals surface area contributed by atoms with Crippen molar-refractivity contribution in [2.45, 2.75) is 32.4 Å². The molecule has 1 aromatic heterocycles. The average molecular weight is 284 g/mol. The van der Waals surface area contributed by atoms with E-state index < -0.39 is 0 Å². The standard InChI is InChI=1S/C18H24N2O/c1-2-19-12-18-17(9-11-21-18)14-20-10-8-16(13-20)15-6-4-3-5-7-15/h3-7,9,11,16,19H,2,8,10,12-14H2,1H3. The van der Waals surface area contributed by atoms with E-state index in [4.69, 9.17) is 4.42 Å². The molecule has 3 heteroatoms. The number of nitrogens with zero attached hydrogens (tertiary/aromatic N) is 1. The van der Waals surface area contributed by atoms with E-state index in [0.29, 0.717) is 5.92 Å². The lowest BCUT2D eigenvalue weighted by atomic mass is 9.99. The van der Waals surface area contributed by atoms with Gasteiger partial charge in [0.15, 0.2) is 0 Å². The maximum atomic E-state index is 5.60. The second-order valence-corrected chi connectivity index (χ2v) is 5.78. The molecule has 1 aliphatic heterocycles. The van der Waals surface area contributed by atoms with Crippen LogP contribution in [0, 0.1) is 0 Å². The Bertz CT molecular complexity index is 549. The topological polar surface area (TPSA) is 28.4 Å². The summed E-state index contributed by atoms with van der Waals surface area (Å²) in [6.45, 7) is 7.24. The molecule has 3 rings (SSSR count). The first-order chi connectivity index (χ1) is 10.4. The molecule has 1 atom stereocenters. The second kappa shape index (κ2) is 6.92. The van der Waals surface area contributed by atoms with E-state index >= 15 is 0 Å². The van der Waals surface area contributed by atoms with E-state index in [2.05, 4.69) is 53.5 Å². The molecule has 0 bridgehead atoms. The van der Waals surface area contributed by atoms with E-state index in [1.54, 1.807) is 0 Å². The predicted molar refractivity (Wildman–Crippen MR) is 85.2 cm³/mol. The molecule has 1 unspecified atom stereocenters. The van der Waals surface area contributed by atoms with Crippen LogP contribution in [0.2, 0.25) is 0 Å². The van der Waals surface area contributed by atoms with Gasteiger partial charge in [-0.3, -0.25) is 4.90 Å². The summed E-state index contributed by atoms with van der Waals surface area (Å²) in [4.78, 5) is 2.54. The fraction of sp³-hybridized carbons (Fsp3) is 0.444. The van der Waals surface area contributed by atoms with Crippen molar-refractivity contribution in [1.29, 1.82) is 0 Å². The molecule has 0 spiro atoms. The third-order valence-electron chi connectivity index (χ3n) is 4.31. The Hall–Kier alpha value is -1.58. The highest BCUT2D eigenvalue weighted by atomic mass is 16.3. The Labute approximate surface area is 127 Å². The molecule has 2 aromatic rings. The molecule has 1 N–H and O–H groups in total. The molecule has 21 heavy (non-hydrogen) atoms. The summed E-state index contributed by atoms with van der Waals surface area (Å²) in [5.74, 6) is 1.76. The number of hydrogen-bond donors (Lipinski definition) is 1. The SMILES string of the molecule is CCNCc1occc1CN1CCC(c2ccccc2)C1. The van der Waals surface area contributed by atoms with Crippen molar-refractivity contribution in [1.82, 2.24) is 10.2 Å². The number of furan rings is 1. The van der Waals surface area contributed by atoms with Crippen molar-refractivity contribution in [3.63, 3.8) is 0 Å². The van der Waals surface area contributed by atoms with Crippen LogP contribution in [0.1, 0.15) is 36.1 Å². The first kappa shape index (κ1) is 14.4. The number of rotatable bonds is 6. The quantitative estimate of drug-likeness (QED) is 0.881. The van der Waals surface area contributed by atoms with Crippen molar-refractivity contribution in [3.05, 3.63) is 59.5 Å². The Balaban J connectivity index is 1.59. The summed E-state index contributed by atoms with van der Waals surface area (Å²) in [7, 11) is 0. The highest BCUT2D eigenvalue weighted by molar-refractivity contribution is 5.22. The summed E-state index contributed by atoms with van der Waals surface area (Å²) < 4.78 is 5.60. The number of likely N-dealkylation sites (tertiary alicyclic amines) is 1. The fourth-order valence-corrected chi connectivity index (χ4v) is 3.12. The molecule has 1 aliphatic rings. The van der Waals surface area contributed by atoms with Gasteiger partial charge in [-0.25, -0.2) is 0 Å². The third-order valence-corrected chi connectivity index (χ3v) is 4.31. The molecule has 112 valence electrons. The summed E-state index contributed by atoms with van der Waals surface area (Å²) in [6.07, 6.45) is 3.07. The lowest BCUT2D eigenvalue weighted by Gasteiger charge is -2.16. The molecule has 2 heterocycles. The van der Waals surface area contributed by atoms with Crippen LogP contribution in [0.15, 0.2) is 47.1 Å². The minimum Gasteiger partial charge on any atom is -0.468 e. The van der Waals surface area contributed by atoms with Gasteiger partial charge in [-0.15, -0.1) is 0 Å². The minimum atomic E-state index is 0.676. The highest BCUT2D eigenvalue weighted by Crippen LogP contribution is 2.28. The number of hydrogen-bond acceptors (Lipinski definition) is 3. The van der Waals surface area contributed by atoms with Gasteiger partial charge in [0.2, 0.25) is 0 Å². The zero-order valence-electron chi connectivity index (χ0n) is 12.7. The van der Waals surface area contributed by atoms with Gasteiger partial charge in [0.1, 0.15) is 5.76 Å². The normalized spacial score (nSPS) is 19.2. The van der Waals surface area contributed by atoms with Crippen LogP contribution in [-0.2, 0) is 13.1 Å². The molecule has 1 fully saturated rings. The molecule has 1 saturated heterocycles. The fourth-order valence-electron chi connectivity index (χ4n) is 3.12. The van der Waals surface area contributed by atoms with Crippen LogP contribution in [0.4, 0.5) is 0 Å². The van der Waals surface area contributed by atoms with E-state index in [9.17, 15) is 0 Å². The number of nitrogens with one attached hydrogen (secondary N) is 1. The van der Waals surface area contributed by atoms with E-state index in [-0.39, 0.29) is 0 Å². The van der Waals surface area contributed by atoms with Gasteiger partial charge >= 0.3 is 0 Å². The lowest BCUT2D eigenvalue weighted by molar-refractivity contribution is 0.322. The molecular formula is C18H24N2O. The molecule has 0 radical (unpaired) electrons. The van der Waals surface area contributed by atoms with Gasteiger partial charge in [0, 0.05) is 18.7 Å². The Morgan fingerprint density at radius 2 is 2.10 bits per heavy atom. The van der Waals surface area contributed by atoms with Gasteiger partial charge < -0.3 is 9.73 Å². The van der Waals surface area contributed by atoms with Crippen molar-refractivity contribution < 1.29 is 4.42 Å². The van der Waals surface area contributed by atoms with Crippen molar-refractivity contribution in [3.8, 4) is 0 Å². The Kier molecular flexibility index (Phi) is 4.73. The van der Waals surface area contributed by atoms with Crippen molar-refractivity contribution in [2.75, 3.05) is 19.6 Å². The predicted octanol–water partition coefficient (Wildman–Crippen LogP) is 3.38. The first-order valence-electron chi connectivity index (χ1n) is 7.90. The van der Waals surface area contributed by atoms with Gasteiger partial charge in [-0.1, -0.05) is 37.3 Å². The monoisotopic (exact) mass is 284 g/mol. The van der Waals surface area contributed by atoms with Crippen LogP contribution < -0.4 is 5.32 Å². The summed E-state index contributed by atoms with van der Waals surface area (Å²) in [5, 5.41) is 3.34. The smallest absolute Gasteiger partial charge is 0.122 e. The molecule has 0 amide bonds. The van der Waals surface area contributed by atoms with Gasteiger partial charge in [-0.2, -0.15) is 0 Å². The van der Waals surface area contributed by atoms with Crippen molar-refractivity contribution in [2.24, 2.45) is 0 Å².